The van der Waals surface area contributed by atoms with E-state index in [-0.39, 0.29) is 17.6 Å². The van der Waals surface area contributed by atoms with E-state index in [1.54, 1.807) is 19.4 Å². The molecule has 2 rings (SSSR count). The maximum absolute atomic E-state index is 12.7. The largest absolute Gasteiger partial charge is 0.383 e. The van der Waals surface area contributed by atoms with E-state index in [9.17, 15) is 3.89 Å². The van der Waals surface area contributed by atoms with E-state index in [1.165, 1.54) is 3.97 Å². The molecule has 0 aliphatic rings. The molecular weight excluding hydrogens is 279 g/mol. The van der Waals surface area contributed by atoms with Crippen LogP contribution in [0, 0.1) is 0 Å². The standard InChI is InChI=1S/C10H12ClFN4OS/c1-15(5-6-17-2)8-7-3-4-16(18-12)9(7)14-10(11)13-8/h3-4H,5-6H2,1-2H3. The molecule has 0 bridgehead atoms. The minimum Gasteiger partial charge on any atom is -0.383 e. The van der Waals surface area contributed by atoms with Gasteiger partial charge in [0.2, 0.25) is 5.28 Å². The summed E-state index contributed by atoms with van der Waals surface area (Å²) in [5, 5.41) is 0.846. The zero-order valence-corrected chi connectivity index (χ0v) is 11.5. The Labute approximate surface area is 113 Å². The van der Waals surface area contributed by atoms with Gasteiger partial charge < -0.3 is 9.64 Å². The van der Waals surface area contributed by atoms with Gasteiger partial charge in [-0.25, -0.2) is 3.97 Å². The first-order chi connectivity index (χ1) is 8.67. The van der Waals surface area contributed by atoms with E-state index >= 15 is 0 Å². The lowest BCUT2D eigenvalue weighted by atomic mass is 10.3. The highest BCUT2D eigenvalue weighted by Gasteiger charge is 2.14. The van der Waals surface area contributed by atoms with Gasteiger partial charge in [-0.3, -0.25) is 0 Å². The first kappa shape index (κ1) is 13.4. The van der Waals surface area contributed by atoms with Crippen molar-refractivity contribution >= 4 is 40.8 Å². The molecule has 5 nitrogen and oxygen atoms in total. The van der Waals surface area contributed by atoms with Crippen LogP contribution in [0.5, 0.6) is 0 Å². The molecule has 2 aromatic rings. The van der Waals surface area contributed by atoms with E-state index in [1.807, 2.05) is 11.9 Å². The Morgan fingerprint density at radius 3 is 3.00 bits per heavy atom. The van der Waals surface area contributed by atoms with E-state index in [0.717, 1.165) is 5.39 Å². The van der Waals surface area contributed by atoms with Gasteiger partial charge in [0.1, 0.15) is 5.82 Å². The zero-order valence-electron chi connectivity index (χ0n) is 9.93. The summed E-state index contributed by atoms with van der Waals surface area (Å²) in [6, 6.07) is 1.76. The van der Waals surface area contributed by atoms with Crippen LogP contribution in [-0.4, -0.2) is 41.2 Å². The third-order valence-electron chi connectivity index (χ3n) is 2.53. The van der Waals surface area contributed by atoms with Gasteiger partial charge in [0.05, 0.1) is 12.0 Å². The quantitative estimate of drug-likeness (QED) is 0.792. The fourth-order valence-corrected chi connectivity index (χ4v) is 2.10. The van der Waals surface area contributed by atoms with Gasteiger partial charge in [0, 0.05) is 26.9 Å². The number of anilines is 1. The average Bonchev–Trinajstić information content (AvgIpc) is 2.77. The van der Waals surface area contributed by atoms with Crippen molar-refractivity contribution in [2.45, 2.75) is 0 Å². The average molecular weight is 291 g/mol. The number of nitrogens with zero attached hydrogens (tertiary/aromatic N) is 4. The number of methoxy groups -OCH3 is 1. The fourth-order valence-electron chi connectivity index (χ4n) is 1.63. The predicted octanol–water partition coefficient (Wildman–Crippen LogP) is 2.55. The van der Waals surface area contributed by atoms with Crippen molar-refractivity contribution in [3.63, 3.8) is 0 Å². The summed E-state index contributed by atoms with van der Waals surface area (Å²) in [4.78, 5) is 10.1. The first-order valence-electron chi connectivity index (χ1n) is 5.21. The summed E-state index contributed by atoms with van der Waals surface area (Å²) in [6.07, 6.45) is 1.59. The van der Waals surface area contributed by atoms with Gasteiger partial charge in [-0.2, -0.15) is 9.97 Å². The minimum atomic E-state index is 0.0765. The topological polar surface area (TPSA) is 43.2 Å². The van der Waals surface area contributed by atoms with Crippen LogP contribution in [0.3, 0.4) is 0 Å². The molecule has 2 heterocycles. The number of halogens is 2. The molecule has 0 aliphatic carbocycles. The van der Waals surface area contributed by atoms with Crippen molar-refractivity contribution in [1.29, 1.82) is 0 Å². The molecule has 0 saturated heterocycles. The molecule has 18 heavy (non-hydrogen) atoms. The molecule has 0 aromatic carbocycles. The SMILES string of the molecule is COCCN(C)c1nc(Cl)nc2c1ccn2SF. The monoisotopic (exact) mass is 290 g/mol. The highest BCUT2D eigenvalue weighted by molar-refractivity contribution is 7.92. The molecule has 0 fully saturated rings. The lowest BCUT2D eigenvalue weighted by Gasteiger charge is -2.18. The Hall–Kier alpha value is -1.05. The Balaban J connectivity index is 2.46. The fraction of sp³-hybridized carbons (Fsp3) is 0.400. The second-order valence-electron chi connectivity index (χ2n) is 3.68. The number of hydrogen-bond acceptors (Lipinski definition) is 5. The van der Waals surface area contributed by atoms with Crippen molar-refractivity contribution in [3.8, 4) is 0 Å². The van der Waals surface area contributed by atoms with Crippen LogP contribution in [0.15, 0.2) is 12.3 Å². The van der Waals surface area contributed by atoms with E-state index in [4.69, 9.17) is 16.3 Å². The van der Waals surface area contributed by atoms with Gasteiger partial charge in [0.15, 0.2) is 18.0 Å². The van der Waals surface area contributed by atoms with Gasteiger partial charge in [0.25, 0.3) is 0 Å². The van der Waals surface area contributed by atoms with Crippen LogP contribution < -0.4 is 4.90 Å². The van der Waals surface area contributed by atoms with Crippen molar-refractivity contribution in [2.75, 3.05) is 32.2 Å². The Bertz CT molecular complexity index is 550. The molecule has 2 aromatic heterocycles. The van der Waals surface area contributed by atoms with Gasteiger partial charge >= 0.3 is 0 Å². The molecule has 0 radical (unpaired) electrons. The predicted molar refractivity (Wildman–Crippen MR) is 71.8 cm³/mol. The van der Waals surface area contributed by atoms with Crippen LogP contribution in [-0.2, 0) is 4.74 Å². The molecule has 0 amide bonds. The first-order valence-corrected chi connectivity index (χ1v) is 6.26. The summed E-state index contributed by atoms with van der Waals surface area (Å²) in [5.41, 5.74) is 0.460. The number of hydrogen-bond donors (Lipinski definition) is 0. The summed E-state index contributed by atoms with van der Waals surface area (Å²) in [5.74, 6) is 0.662. The Morgan fingerprint density at radius 1 is 1.56 bits per heavy atom. The lowest BCUT2D eigenvalue weighted by Crippen LogP contribution is -2.23. The van der Waals surface area contributed by atoms with Crippen molar-refractivity contribution in [2.24, 2.45) is 0 Å². The molecule has 0 N–H and O–H groups in total. The van der Waals surface area contributed by atoms with Crippen LogP contribution >= 0.6 is 23.9 Å². The van der Waals surface area contributed by atoms with Crippen molar-refractivity contribution in [3.05, 3.63) is 17.5 Å². The number of fused-ring (bicyclic) bond motifs is 1. The minimum absolute atomic E-state index is 0.0765. The Kier molecular flexibility index (Phi) is 4.26. The molecule has 0 saturated carbocycles. The van der Waals surface area contributed by atoms with Gasteiger partial charge in [-0.05, 0) is 17.7 Å². The molecule has 8 heteroatoms. The normalized spacial score (nSPS) is 11.1. The summed E-state index contributed by atoms with van der Waals surface area (Å²) < 4.78 is 19.0. The smallest absolute Gasteiger partial charge is 0.226 e. The van der Waals surface area contributed by atoms with Crippen molar-refractivity contribution in [1.82, 2.24) is 13.9 Å². The summed E-state index contributed by atoms with van der Waals surface area (Å²) >= 11 is 5.94. The molecule has 98 valence electrons. The number of rotatable bonds is 5. The van der Waals surface area contributed by atoms with Crippen LogP contribution in [0.25, 0.3) is 11.0 Å². The maximum Gasteiger partial charge on any atom is 0.226 e. The second-order valence-corrected chi connectivity index (χ2v) is 4.55. The molecule has 0 unspecified atom stereocenters. The highest BCUT2D eigenvalue weighted by Crippen LogP contribution is 2.28. The summed E-state index contributed by atoms with van der Waals surface area (Å²) in [7, 11) is 3.50. The molecular formula is C10H12ClFN4OS. The molecule has 0 spiro atoms. The van der Waals surface area contributed by atoms with Gasteiger partial charge in [-0.15, -0.1) is 3.89 Å². The number of ether oxygens (including phenoxy) is 1. The molecule has 0 aliphatic heterocycles. The Morgan fingerprint density at radius 2 is 2.33 bits per heavy atom. The molecule has 0 atom stereocenters. The van der Waals surface area contributed by atoms with E-state index < -0.39 is 0 Å². The van der Waals surface area contributed by atoms with Crippen LogP contribution in [0.4, 0.5) is 9.70 Å². The number of aromatic nitrogens is 3. The highest BCUT2D eigenvalue weighted by atomic mass is 35.5. The number of likely N-dealkylation sites (N-methyl/N-ethyl adjacent to an activating group) is 1. The maximum atomic E-state index is 12.7. The van der Waals surface area contributed by atoms with Crippen LogP contribution in [0.2, 0.25) is 5.28 Å². The lowest BCUT2D eigenvalue weighted by molar-refractivity contribution is 0.206. The zero-order chi connectivity index (χ0) is 13.1. The van der Waals surface area contributed by atoms with E-state index in [0.29, 0.717) is 24.6 Å². The third kappa shape index (κ3) is 2.52. The second kappa shape index (κ2) is 5.73. The van der Waals surface area contributed by atoms with Gasteiger partial charge in [-0.1, -0.05) is 0 Å². The van der Waals surface area contributed by atoms with Crippen LogP contribution in [0.1, 0.15) is 0 Å². The third-order valence-corrected chi connectivity index (χ3v) is 3.14. The summed E-state index contributed by atoms with van der Waals surface area (Å²) in [6.45, 7) is 1.23. The van der Waals surface area contributed by atoms with E-state index in [2.05, 4.69) is 9.97 Å². The van der Waals surface area contributed by atoms with Crippen molar-refractivity contribution < 1.29 is 8.62 Å².